The molecule has 1 aromatic heterocycles. The Morgan fingerprint density at radius 3 is 2.67 bits per heavy atom. The fourth-order valence-electron chi connectivity index (χ4n) is 3.59. The number of anilines is 1. The summed E-state index contributed by atoms with van der Waals surface area (Å²) in [5.41, 5.74) is 3.50. The topological polar surface area (TPSA) is 76.5 Å². The van der Waals surface area contributed by atoms with Crippen molar-refractivity contribution >= 4 is 17.7 Å². The molecular formula is C20H26N4O3. The van der Waals surface area contributed by atoms with E-state index in [0.717, 1.165) is 22.5 Å². The number of hydrogen-bond donors (Lipinski definition) is 1. The highest BCUT2D eigenvalue weighted by Crippen LogP contribution is 2.39. The molecule has 0 fully saturated rings. The van der Waals surface area contributed by atoms with E-state index in [9.17, 15) is 9.59 Å². The van der Waals surface area contributed by atoms with Gasteiger partial charge in [0, 0.05) is 37.5 Å². The Kier molecular flexibility index (Phi) is 5.21. The van der Waals surface area contributed by atoms with Crippen LogP contribution in [0.1, 0.15) is 45.7 Å². The molecule has 2 aromatic rings. The molecule has 7 nitrogen and oxygen atoms in total. The molecule has 1 aliphatic heterocycles. The fraction of sp³-hybridized carbons (Fsp3) is 0.450. The van der Waals surface area contributed by atoms with Crippen molar-refractivity contribution in [1.82, 2.24) is 14.9 Å². The number of amides is 2. The zero-order valence-corrected chi connectivity index (χ0v) is 16.4. The zero-order chi connectivity index (χ0) is 19.7. The molecule has 7 heteroatoms. The predicted octanol–water partition coefficient (Wildman–Crippen LogP) is 3.41. The standard InChI is InChI=1S/C20H26N4O3/c1-12(2)27-20(26)22-17-8-13(3)24(14(4)25)19-7-6-15(9-16(17)19)18-10-23(5)11-21-18/h6-7,9-13,17H,8H2,1-5H3,(H,22,26)/t13-,17+/m0/s1. The zero-order valence-electron chi connectivity index (χ0n) is 16.4. The number of rotatable bonds is 3. The summed E-state index contributed by atoms with van der Waals surface area (Å²) in [7, 11) is 1.92. The number of carbonyl (C=O) groups is 2. The monoisotopic (exact) mass is 370 g/mol. The second kappa shape index (κ2) is 7.42. The van der Waals surface area contributed by atoms with E-state index in [-0.39, 0.29) is 24.1 Å². The average molecular weight is 370 g/mol. The smallest absolute Gasteiger partial charge is 0.407 e. The number of benzene rings is 1. The molecule has 3 rings (SSSR count). The first-order valence-electron chi connectivity index (χ1n) is 9.15. The largest absolute Gasteiger partial charge is 0.447 e. The first-order valence-corrected chi connectivity index (χ1v) is 9.15. The first-order chi connectivity index (χ1) is 12.8. The number of ether oxygens (including phenoxy) is 1. The molecule has 0 saturated carbocycles. The lowest BCUT2D eigenvalue weighted by Crippen LogP contribution is -2.45. The number of carbonyl (C=O) groups excluding carboxylic acids is 2. The molecule has 1 aliphatic rings. The molecule has 144 valence electrons. The van der Waals surface area contributed by atoms with Crippen molar-refractivity contribution < 1.29 is 14.3 Å². The molecule has 0 saturated heterocycles. The minimum Gasteiger partial charge on any atom is -0.447 e. The number of aromatic nitrogens is 2. The number of hydrogen-bond acceptors (Lipinski definition) is 4. The Balaban J connectivity index is 2.01. The maximum absolute atomic E-state index is 12.2. The van der Waals surface area contributed by atoms with E-state index in [1.807, 2.05) is 56.8 Å². The molecule has 2 amide bonds. The van der Waals surface area contributed by atoms with Gasteiger partial charge in [-0.15, -0.1) is 0 Å². The Labute approximate surface area is 159 Å². The van der Waals surface area contributed by atoms with Crippen molar-refractivity contribution in [3.63, 3.8) is 0 Å². The van der Waals surface area contributed by atoms with E-state index < -0.39 is 6.09 Å². The lowest BCUT2D eigenvalue weighted by Gasteiger charge is -2.39. The molecule has 1 aromatic carbocycles. The second-order valence-corrected chi connectivity index (χ2v) is 7.32. The lowest BCUT2D eigenvalue weighted by atomic mass is 9.90. The second-order valence-electron chi connectivity index (χ2n) is 7.32. The van der Waals surface area contributed by atoms with Gasteiger partial charge in [0.1, 0.15) is 0 Å². The van der Waals surface area contributed by atoms with Crippen LogP contribution in [0.5, 0.6) is 0 Å². The Bertz CT molecular complexity index is 859. The van der Waals surface area contributed by atoms with Gasteiger partial charge in [-0.3, -0.25) is 4.79 Å². The van der Waals surface area contributed by atoms with E-state index >= 15 is 0 Å². The number of aryl methyl sites for hydroxylation is 1. The summed E-state index contributed by atoms with van der Waals surface area (Å²) in [6.07, 6.45) is 3.65. The fourth-order valence-corrected chi connectivity index (χ4v) is 3.59. The number of imidazole rings is 1. The number of nitrogens with one attached hydrogen (secondary N) is 1. The van der Waals surface area contributed by atoms with Gasteiger partial charge in [-0.05, 0) is 44.9 Å². The van der Waals surface area contributed by atoms with Gasteiger partial charge in [-0.2, -0.15) is 0 Å². The molecule has 0 bridgehead atoms. The van der Waals surface area contributed by atoms with Crippen LogP contribution in [0.2, 0.25) is 0 Å². The molecule has 2 heterocycles. The Morgan fingerprint density at radius 2 is 2.07 bits per heavy atom. The lowest BCUT2D eigenvalue weighted by molar-refractivity contribution is -0.117. The van der Waals surface area contributed by atoms with Gasteiger partial charge < -0.3 is 19.5 Å². The highest BCUT2D eigenvalue weighted by Gasteiger charge is 2.33. The molecule has 27 heavy (non-hydrogen) atoms. The van der Waals surface area contributed by atoms with Gasteiger partial charge in [-0.1, -0.05) is 6.07 Å². The number of fused-ring (bicyclic) bond motifs is 1. The molecule has 0 radical (unpaired) electrons. The van der Waals surface area contributed by atoms with Crippen LogP contribution in [0.15, 0.2) is 30.7 Å². The Morgan fingerprint density at radius 1 is 1.33 bits per heavy atom. The van der Waals surface area contributed by atoms with Crippen molar-refractivity contribution in [2.75, 3.05) is 4.90 Å². The first kappa shape index (κ1) is 18.9. The van der Waals surface area contributed by atoms with Crippen molar-refractivity contribution in [3.05, 3.63) is 36.3 Å². The summed E-state index contributed by atoms with van der Waals surface area (Å²) in [6, 6.07) is 5.62. The highest BCUT2D eigenvalue weighted by atomic mass is 16.6. The molecule has 0 unspecified atom stereocenters. The van der Waals surface area contributed by atoms with Crippen LogP contribution >= 0.6 is 0 Å². The van der Waals surface area contributed by atoms with Crippen molar-refractivity contribution in [2.24, 2.45) is 7.05 Å². The summed E-state index contributed by atoms with van der Waals surface area (Å²) in [4.78, 5) is 30.6. The summed E-state index contributed by atoms with van der Waals surface area (Å²) in [5.74, 6) is -0.0162. The van der Waals surface area contributed by atoms with Gasteiger partial charge in [0.2, 0.25) is 5.91 Å². The third kappa shape index (κ3) is 3.97. The van der Waals surface area contributed by atoms with Crippen molar-refractivity contribution in [3.8, 4) is 11.3 Å². The quantitative estimate of drug-likeness (QED) is 0.898. The van der Waals surface area contributed by atoms with E-state index in [2.05, 4.69) is 10.3 Å². The van der Waals surface area contributed by atoms with Crippen LogP contribution < -0.4 is 10.2 Å². The van der Waals surface area contributed by atoms with Crippen molar-refractivity contribution in [2.45, 2.75) is 52.3 Å². The molecule has 0 spiro atoms. The number of nitrogens with zero attached hydrogens (tertiary/aromatic N) is 3. The highest BCUT2D eigenvalue weighted by molar-refractivity contribution is 5.94. The normalized spacial score (nSPS) is 19.0. The van der Waals surface area contributed by atoms with E-state index in [0.29, 0.717) is 6.42 Å². The minimum atomic E-state index is -0.451. The van der Waals surface area contributed by atoms with Gasteiger partial charge in [0.25, 0.3) is 0 Å². The summed E-state index contributed by atoms with van der Waals surface area (Å²) in [6.45, 7) is 7.18. The van der Waals surface area contributed by atoms with Crippen LogP contribution in [-0.4, -0.2) is 33.7 Å². The molecular weight excluding hydrogens is 344 g/mol. The van der Waals surface area contributed by atoms with Gasteiger partial charge >= 0.3 is 6.09 Å². The SMILES string of the molecule is CC(=O)N1c2ccc(-c3cn(C)cn3)cc2[C@H](NC(=O)OC(C)C)C[C@@H]1C. The van der Waals surface area contributed by atoms with E-state index in [1.54, 1.807) is 18.2 Å². The summed E-state index contributed by atoms with van der Waals surface area (Å²) < 4.78 is 7.13. The average Bonchev–Trinajstić information content (AvgIpc) is 2.99. The molecule has 0 aliphatic carbocycles. The Hall–Kier alpha value is -2.83. The third-order valence-corrected chi connectivity index (χ3v) is 4.65. The summed E-state index contributed by atoms with van der Waals surface area (Å²) in [5, 5.41) is 2.96. The van der Waals surface area contributed by atoms with Crippen LogP contribution in [-0.2, 0) is 16.6 Å². The maximum Gasteiger partial charge on any atom is 0.407 e. The van der Waals surface area contributed by atoms with Crippen LogP contribution in [0.4, 0.5) is 10.5 Å². The van der Waals surface area contributed by atoms with Gasteiger partial charge in [-0.25, -0.2) is 9.78 Å². The summed E-state index contributed by atoms with van der Waals surface area (Å²) >= 11 is 0. The van der Waals surface area contributed by atoms with E-state index in [1.165, 1.54) is 0 Å². The van der Waals surface area contributed by atoms with Gasteiger partial charge in [0.05, 0.1) is 24.2 Å². The molecule has 2 atom stereocenters. The van der Waals surface area contributed by atoms with Crippen LogP contribution in [0.25, 0.3) is 11.3 Å². The minimum absolute atomic E-state index is 0.0162. The van der Waals surface area contributed by atoms with Crippen LogP contribution in [0, 0.1) is 0 Å². The number of alkyl carbamates (subject to hydrolysis) is 1. The maximum atomic E-state index is 12.2. The predicted molar refractivity (Wildman–Crippen MR) is 103 cm³/mol. The van der Waals surface area contributed by atoms with E-state index in [4.69, 9.17) is 4.74 Å². The van der Waals surface area contributed by atoms with Crippen LogP contribution in [0.3, 0.4) is 0 Å². The van der Waals surface area contributed by atoms with Crippen molar-refractivity contribution in [1.29, 1.82) is 0 Å². The molecule has 1 N–H and O–H groups in total. The van der Waals surface area contributed by atoms with Gasteiger partial charge in [0.15, 0.2) is 0 Å². The third-order valence-electron chi connectivity index (χ3n) is 4.65.